The van der Waals surface area contributed by atoms with Gasteiger partial charge < -0.3 is 26.2 Å². The molecule has 34 heavy (non-hydrogen) atoms. The number of carbonyl (C=O) groups excluding carboxylic acids is 1. The van der Waals surface area contributed by atoms with Crippen LogP contribution in [-0.4, -0.2) is 62.5 Å². The molecule has 1 aliphatic heterocycles. The summed E-state index contributed by atoms with van der Waals surface area (Å²) in [4.78, 5) is 16.9. The highest BCUT2D eigenvalue weighted by Crippen LogP contribution is 2.29. The van der Waals surface area contributed by atoms with Crippen molar-refractivity contribution in [3.63, 3.8) is 0 Å². The van der Waals surface area contributed by atoms with Gasteiger partial charge in [0.25, 0.3) is 0 Å². The topological polar surface area (TPSA) is 73.6 Å². The maximum absolute atomic E-state index is 13.7. The summed E-state index contributed by atoms with van der Waals surface area (Å²) in [6.45, 7) is 11.8. The molecule has 0 fully saturated rings. The number of amides is 1. The number of dihydropyridines is 1. The Morgan fingerprint density at radius 1 is 1.32 bits per heavy atom. The smallest absolute Gasteiger partial charge is 0.224 e. The molecule has 0 aromatic rings. The summed E-state index contributed by atoms with van der Waals surface area (Å²) < 4.78 is 13.7. The van der Waals surface area contributed by atoms with E-state index in [1.165, 1.54) is 6.08 Å². The fraction of sp³-hybridized carbons (Fsp3) is 0.519. The summed E-state index contributed by atoms with van der Waals surface area (Å²) in [7, 11) is 3.64. The molecule has 1 amide bonds. The molecule has 6 nitrogen and oxygen atoms in total. The average Bonchev–Trinajstić information content (AvgIpc) is 2.82. The third-order valence-electron chi connectivity index (χ3n) is 5.63. The number of likely N-dealkylation sites (N-methyl/N-ethyl adjacent to an activating group) is 1. The number of hydrogen-bond donors (Lipinski definition) is 3. The minimum Gasteiger partial charge on any atom is -0.376 e. The minimum atomic E-state index is -0.359. The van der Waals surface area contributed by atoms with Gasteiger partial charge in [-0.2, -0.15) is 4.39 Å². The lowest BCUT2D eigenvalue weighted by molar-refractivity contribution is -0.119. The zero-order valence-electron chi connectivity index (χ0n) is 21.8. The van der Waals surface area contributed by atoms with Crippen LogP contribution in [0.3, 0.4) is 0 Å². The van der Waals surface area contributed by atoms with Crippen molar-refractivity contribution >= 4 is 5.91 Å². The molecule has 0 unspecified atom stereocenters. The second-order valence-corrected chi connectivity index (χ2v) is 8.72. The van der Waals surface area contributed by atoms with Gasteiger partial charge in [-0.1, -0.05) is 38.2 Å². The first kappa shape index (κ1) is 29.2. The molecule has 0 aliphatic carbocycles. The number of halogens is 1. The highest BCUT2D eigenvalue weighted by Gasteiger charge is 2.21. The molecule has 4 N–H and O–H groups in total. The lowest BCUT2D eigenvalue weighted by Gasteiger charge is -2.29. The number of hydrogen-bond acceptors (Lipinski definition) is 5. The van der Waals surface area contributed by atoms with Crippen molar-refractivity contribution in [3.05, 3.63) is 71.0 Å². The minimum absolute atomic E-state index is 0.0819. The summed E-state index contributed by atoms with van der Waals surface area (Å²) in [5, 5.41) is 5.53. The van der Waals surface area contributed by atoms with Gasteiger partial charge in [0.15, 0.2) is 5.95 Å². The lowest BCUT2D eigenvalue weighted by atomic mass is 9.93. The van der Waals surface area contributed by atoms with Gasteiger partial charge in [0.1, 0.15) is 0 Å². The third kappa shape index (κ3) is 10.00. The molecule has 7 heteroatoms. The molecule has 0 aromatic heterocycles. The first-order chi connectivity index (χ1) is 16.3. The van der Waals surface area contributed by atoms with Crippen LogP contribution in [0.2, 0.25) is 0 Å². The molecular weight excluding hydrogens is 429 g/mol. The summed E-state index contributed by atoms with van der Waals surface area (Å²) >= 11 is 0. The predicted octanol–water partition coefficient (Wildman–Crippen LogP) is 3.99. The van der Waals surface area contributed by atoms with E-state index in [0.717, 1.165) is 48.5 Å². The van der Waals surface area contributed by atoms with Crippen molar-refractivity contribution in [1.82, 2.24) is 20.4 Å². The third-order valence-corrected chi connectivity index (χ3v) is 5.63. The molecule has 0 atom stereocenters. The van der Waals surface area contributed by atoms with Gasteiger partial charge in [-0.15, -0.1) is 0 Å². The van der Waals surface area contributed by atoms with Gasteiger partial charge in [0, 0.05) is 52.5 Å². The Morgan fingerprint density at radius 2 is 2.06 bits per heavy atom. The van der Waals surface area contributed by atoms with E-state index in [4.69, 9.17) is 5.73 Å². The van der Waals surface area contributed by atoms with Gasteiger partial charge in [0.2, 0.25) is 5.91 Å². The Morgan fingerprint density at radius 3 is 2.59 bits per heavy atom. The van der Waals surface area contributed by atoms with E-state index in [1.807, 2.05) is 32.2 Å². The van der Waals surface area contributed by atoms with Crippen LogP contribution in [0.4, 0.5) is 4.39 Å². The number of nitrogens with zero attached hydrogens (tertiary/aromatic N) is 2. The summed E-state index contributed by atoms with van der Waals surface area (Å²) in [5.74, 6) is 0.156. The van der Waals surface area contributed by atoms with Crippen molar-refractivity contribution < 1.29 is 9.18 Å². The second kappa shape index (κ2) is 15.9. The van der Waals surface area contributed by atoms with E-state index in [1.54, 1.807) is 13.1 Å². The Kier molecular flexibility index (Phi) is 13.7. The van der Waals surface area contributed by atoms with Crippen LogP contribution >= 0.6 is 0 Å². The maximum Gasteiger partial charge on any atom is 0.224 e. The van der Waals surface area contributed by atoms with Crippen LogP contribution in [0, 0.1) is 5.92 Å². The normalized spacial score (nSPS) is 15.3. The molecular formula is C27H44FN5O. The zero-order chi connectivity index (χ0) is 25.5. The molecule has 0 bridgehead atoms. The number of rotatable bonds is 14. The molecule has 1 rings (SSSR count). The highest BCUT2D eigenvalue weighted by atomic mass is 19.1. The molecule has 190 valence electrons. The van der Waals surface area contributed by atoms with Crippen LogP contribution in [-0.2, 0) is 4.79 Å². The Balaban J connectivity index is 3.65. The van der Waals surface area contributed by atoms with Crippen molar-refractivity contribution in [1.29, 1.82) is 0 Å². The van der Waals surface area contributed by atoms with Crippen molar-refractivity contribution in [2.24, 2.45) is 11.7 Å². The monoisotopic (exact) mass is 473 g/mol. The van der Waals surface area contributed by atoms with Gasteiger partial charge in [-0.05, 0) is 61.3 Å². The number of carbonyl (C=O) groups is 1. The maximum atomic E-state index is 13.7. The molecule has 1 aliphatic rings. The molecule has 0 saturated carbocycles. The largest absolute Gasteiger partial charge is 0.376 e. The number of nitrogens with two attached hydrogens (primary N) is 1. The zero-order valence-corrected chi connectivity index (χ0v) is 21.8. The summed E-state index contributed by atoms with van der Waals surface area (Å²) in [6, 6.07) is 0. The fourth-order valence-electron chi connectivity index (χ4n) is 3.53. The van der Waals surface area contributed by atoms with E-state index < -0.39 is 0 Å². The van der Waals surface area contributed by atoms with Crippen molar-refractivity contribution in [2.75, 3.05) is 46.8 Å². The molecule has 1 heterocycles. The summed E-state index contributed by atoms with van der Waals surface area (Å²) in [6.07, 6.45) is 14.6. The Hall–Kier alpha value is -2.80. The Bertz CT molecular complexity index is 836. The van der Waals surface area contributed by atoms with Gasteiger partial charge >= 0.3 is 0 Å². The highest BCUT2D eigenvalue weighted by molar-refractivity contribution is 5.80. The SMILES string of the molecule is C\C=C/C=C(\C=C\N(CCN)CCC(C)C)C(/CC(=O)NC)=C(\C1=CC=C(F)NC1)N(C)CC. The van der Waals surface area contributed by atoms with Gasteiger partial charge in [0.05, 0.1) is 6.42 Å². The second-order valence-electron chi connectivity index (χ2n) is 8.72. The standard InChI is InChI=1S/C27H44FN5O/c1-7-9-10-22(14-17-33(18-15-29)16-13-21(3)4)24(19-26(34)30-5)27(32(6)8-2)23-11-12-25(28)31-20-23/h7,9-12,14,17,21,31H,8,13,15-16,18-20,29H2,1-6H3,(H,30,34)/b9-7-,17-14+,22-10+,27-24+. The molecule has 0 saturated heterocycles. The van der Waals surface area contributed by atoms with Crippen LogP contribution < -0.4 is 16.4 Å². The van der Waals surface area contributed by atoms with E-state index in [-0.39, 0.29) is 18.3 Å². The number of nitrogens with one attached hydrogen (secondary N) is 2. The fourth-order valence-corrected chi connectivity index (χ4v) is 3.53. The number of allylic oxidation sites excluding steroid dienone is 7. The van der Waals surface area contributed by atoms with Crippen LogP contribution in [0.5, 0.6) is 0 Å². The van der Waals surface area contributed by atoms with E-state index in [0.29, 0.717) is 19.0 Å². The first-order valence-corrected chi connectivity index (χ1v) is 12.2. The quantitative estimate of drug-likeness (QED) is 0.263. The van der Waals surface area contributed by atoms with Crippen LogP contribution in [0.25, 0.3) is 0 Å². The van der Waals surface area contributed by atoms with Crippen molar-refractivity contribution in [2.45, 2.75) is 40.5 Å². The predicted molar refractivity (Wildman–Crippen MR) is 141 cm³/mol. The van der Waals surface area contributed by atoms with Crippen molar-refractivity contribution in [3.8, 4) is 0 Å². The molecule has 0 spiro atoms. The lowest BCUT2D eigenvalue weighted by Crippen LogP contribution is -2.29. The summed E-state index contributed by atoms with van der Waals surface area (Å²) in [5.41, 5.74) is 9.54. The van der Waals surface area contributed by atoms with E-state index in [9.17, 15) is 9.18 Å². The molecule has 0 aromatic carbocycles. The Labute approximate surface area is 205 Å². The van der Waals surface area contributed by atoms with E-state index in [2.05, 4.69) is 53.5 Å². The first-order valence-electron chi connectivity index (χ1n) is 12.2. The van der Waals surface area contributed by atoms with Gasteiger partial charge in [-0.3, -0.25) is 4.79 Å². The van der Waals surface area contributed by atoms with Crippen LogP contribution in [0.15, 0.2) is 71.0 Å². The van der Waals surface area contributed by atoms with Gasteiger partial charge in [-0.25, -0.2) is 0 Å². The van der Waals surface area contributed by atoms with Crippen LogP contribution in [0.1, 0.15) is 40.5 Å². The average molecular weight is 474 g/mol. The van der Waals surface area contributed by atoms with E-state index >= 15 is 0 Å². The molecule has 0 radical (unpaired) electrons.